The van der Waals surface area contributed by atoms with Crippen molar-refractivity contribution in [3.8, 4) is 5.75 Å². The Kier molecular flexibility index (Phi) is 6.03. The predicted molar refractivity (Wildman–Crippen MR) is 74.4 cm³/mol. The summed E-state index contributed by atoms with van der Waals surface area (Å²) in [5, 5.41) is 4.03. The van der Waals surface area contributed by atoms with E-state index in [1.165, 1.54) is 0 Å². The lowest BCUT2D eigenvalue weighted by molar-refractivity contribution is 0.309. The normalized spacial score (nSPS) is 10.4. The van der Waals surface area contributed by atoms with E-state index in [2.05, 4.69) is 29.7 Å². The van der Waals surface area contributed by atoms with Crippen LogP contribution in [0.4, 0.5) is 0 Å². The van der Waals surface area contributed by atoms with E-state index in [4.69, 9.17) is 10.5 Å². The van der Waals surface area contributed by atoms with Crippen LogP contribution in [0.15, 0.2) is 29.4 Å². The highest BCUT2D eigenvalue weighted by molar-refractivity contribution is 7.80. The number of ether oxygens (including phenoxy) is 1. The van der Waals surface area contributed by atoms with Crippen molar-refractivity contribution in [3.63, 3.8) is 0 Å². The van der Waals surface area contributed by atoms with Crippen LogP contribution in [0.25, 0.3) is 0 Å². The highest BCUT2D eigenvalue weighted by Gasteiger charge is 1.94. The van der Waals surface area contributed by atoms with Crippen LogP contribution in [0, 0.1) is 0 Å². The van der Waals surface area contributed by atoms with Gasteiger partial charge < -0.3 is 10.5 Å². The van der Waals surface area contributed by atoms with Gasteiger partial charge in [0, 0.05) is 0 Å². The van der Waals surface area contributed by atoms with E-state index in [0.29, 0.717) is 0 Å². The topological polar surface area (TPSA) is 59.6 Å². The van der Waals surface area contributed by atoms with Gasteiger partial charge in [0.2, 0.25) is 0 Å². The minimum atomic E-state index is 0.150. The van der Waals surface area contributed by atoms with Gasteiger partial charge >= 0.3 is 0 Å². The third-order valence-electron chi connectivity index (χ3n) is 2.01. The van der Waals surface area contributed by atoms with Crippen LogP contribution in [0.2, 0.25) is 0 Å². The zero-order valence-electron chi connectivity index (χ0n) is 9.85. The first kappa shape index (κ1) is 13.4. The van der Waals surface area contributed by atoms with Gasteiger partial charge in [0.1, 0.15) is 5.75 Å². The summed E-state index contributed by atoms with van der Waals surface area (Å²) in [6.45, 7) is 2.87. The molecule has 0 spiro atoms. The number of hydrazone groups is 1. The van der Waals surface area contributed by atoms with Gasteiger partial charge in [-0.3, -0.25) is 5.43 Å². The van der Waals surface area contributed by atoms with Gasteiger partial charge in [-0.1, -0.05) is 25.5 Å². The predicted octanol–water partition coefficient (Wildman–Crippen LogP) is 2.03. The van der Waals surface area contributed by atoms with Crippen LogP contribution in [0.3, 0.4) is 0 Å². The maximum Gasteiger partial charge on any atom is 0.184 e. The molecule has 1 aromatic carbocycles. The average Bonchev–Trinajstić information content (AvgIpc) is 2.29. The van der Waals surface area contributed by atoms with E-state index in [1.54, 1.807) is 6.21 Å². The van der Waals surface area contributed by atoms with Crippen LogP contribution in [0.1, 0.15) is 25.3 Å². The molecule has 0 aliphatic rings. The fourth-order valence-corrected chi connectivity index (χ4v) is 1.24. The third-order valence-corrected chi connectivity index (χ3v) is 2.10. The number of nitrogens with two attached hydrogens (primary N) is 1. The standard InChI is InChI=1S/C12H17N3OS/c1-2-3-7-16-11-6-4-5-10(8-11)9-14-15-12(13)17/h4-6,8-9H,2-3,7H2,1H3,(H3,13,15,17)/b14-9+. The lowest BCUT2D eigenvalue weighted by Gasteiger charge is -2.05. The maximum atomic E-state index is 5.58. The number of thiocarbonyl (C=S) groups is 1. The van der Waals surface area contributed by atoms with Gasteiger partial charge in [0.05, 0.1) is 12.8 Å². The molecule has 17 heavy (non-hydrogen) atoms. The first-order valence-electron chi connectivity index (χ1n) is 5.53. The number of nitrogens with one attached hydrogen (secondary N) is 1. The van der Waals surface area contributed by atoms with Crippen molar-refractivity contribution in [2.24, 2.45) is 10.8 Å². The zero-order valence-corrected chi connectivity index (χ0v) is 10.7. The molecule has 0 fully saturated rings. The molecule has 0 bridgehead atoms. The summed E-state index contributed by atoms with van der Waals surface area (Å²) in [4.78, 5) is 0. The summed E-state index contributed by atoms with van der Waals surface area (Å²) in [7, 11) is 0. The Bertz CT molecular complexity index is 393. The molecule has 1 rings (SSSR count). The van der Waals surface area contributed by atoms with E-state index in [0.717, 1.165) is 30.8 Å². The quantitative estimate of drug-likeness (QED) is 0.351. The molecule has 1 aromatic rings. The summed E-state index contributed by atoms with van der Waals surface area (Å²) in [5.41, 5.74) is 8.69. The van der Waals surface area contributed by atoms with Crippen LogP contribution < -0.4 is 15.9 Å². The third kappa shape index (κ3) is 5.87. The minimum absolute atomic E-state index is 0.150. The first-order chi connectivity index (χ1) is 8.22. The molecule has 5 heteroatoms. The highest BCUT2D eigenvalue weighted by atomic mass is 32.1. The minimum Gasteiger partial charge on any atom is -0.494 e. The van der Waals surface area contributed by atoms with Crippen LogP contribution >= 0.6 is 12.2 Å². The smallest absolute Gasteiger partial charge is 0.184 e. The second kappa shape index (κ2) is 7.62. The summed E-state index contributed by atoms with van der Waals surface area (Å²) >= 11 is 4.64. The molecule has 0 radical (unpaired) electrons. The summed E-state index contributed by atoms with van der Waals surface area (Å²) in [6.07, 6.45) is 3.83. The number of nitrogens with zero attached hydrogens (tertiary/aromatic N) is 1. The summed E-state index contributed by atoms with van der Waals surface area (Å²) in [5.74, 6) is 0.845. The average molecular weight is 251 g/mol. The molecule has 0 aromatic heterocycles. The van der Waals surface area contributed by atoms with Gasteiger partial charge in [0.25, 0.3) is 0 Å². The SMILES string of the molecule is CCCCOc1cccc(/C=N/NC(N)=S)c1. The zero-order chi connectivity index (χ0) is 12.5. The molecule has 92 valence electrons. The second-order valence-electron chi connectivity index (χ2n) is 3.51. The van der Waals surface area contributed by atoms with Crippen molar-refractivity contribution in [2.75, 3.05) is 6.61 Å². The lowest BCUT2D eigenvalue weighted by Crippen LogP contribution is -2.23. The maximum absolute atomic E-state index is 5.58. The Balaban J connectivity index is 2.53. The fourth-order valence-electron chi connectivity index (χ4n) is 1.19. The van der Waals surface area contributed by atoms with Crippen molar-refractivity contribution in [1.29, 1.82) is 0 Å². The number of rotatable bonds is 6. The molecule has 0 atom stereocenters. The molecule has 0 saturated carbocycles. The Morgan fingerprint density at radius 1 is 1.59 bits per heavy atom. The van der Waals surface area contributed by atoms with Crippen LogP contribution in [-0.4, -0.2) is 17.9 Å². The van der Waals surface area contributed by atoms with Crippen molar-refractivity contribution in [2.45, 2.75) is 19.8 Å². The molecule has 0 amide bonds. The van der Waals surface area contributed by atoms with Gasteiger partial charge in [-0.15, -0.1) is 0 Å². The van der Waals surface area contributed by atoms with E-state index >= 15 is 0 Å². The highest BCUT2D eigenvalue weighted by Crippen LogP contribution is 2.12. The molecule has 0 unspecified atom stereocenters. The van der Waals surface area contributed by atoms with Crippen LogP contribution in [-0.2, 0) is 0 Å². The monoisotopic (exact) mass is 251 g/mol. The molecule has 4 nitrogen and oxygen atoms in total. The van der Waals surface area contributed by atoms with Crippen molar-refractivity contribution < 1.29 is 4.74 Å². The van der Waals surface area contributed by atoms with E-state index in [-0.39, 0.29) is 5.11 Å². The lowest BCUT2D eigenvalue weighted by atomic mass is 10.2. The van der Waals surface area contributed by atoms with Crippen molar-refractivity contribution in [3.05, 3.63) is 29.8 Å². The number of unbranched alkanes of at least 4 members (excludes halogenated alkanes) is 1. The molecule has 0 saturated heterocycles. The van der Waals surface area contributed by atoms with Crippen molar-refractivity contribution >= 4 is 23.5 Å². The second-order valence-corrected chi connectivity index (χ2v) is 3.95. The molecule has 0 heterocycles. The summed E-state index contributed by atoms with van der Waals surface area (Å²) < 4.78 is 5.58. The molecule has 3 N–H and O–H groups in total. The van der Waals surface area contributed by atoms with Gasteiger partial charge in [-0.25, -0.2) is 0 Å². The molecular formula is C12H17N3OS. The van der Waals surface area contributed by atoms with Gasteiger partial charge in [-0.05, 0) is 36.3 Å². The Morgan fingerprint density at radius 2 is 2.41 bits per heavy atom. The number of hydrogen-bond donors (Lipinski definition) is 2. The van der Waals surface area contributed by atoms with Crippen LogP contribution in [0.5, 0.6) is 5.75 Å². The van der Waals surface area contributed by atoms with E-state index in [1.807, 2.05) is 24.3 Å². The molecule has 0 aliphatic carbocycles. The Labute approximate surface area is 107 Å². The van der Waals surface area contributed by atoms with E-state index in [9.17, 15) is 0 Å². The first-order valence-corrected chi connectivity index (χ1v) is 5.94. The molecular weight excluding hydrogens is 234 g/mol. The van der Waals surface area contributed by atoms with Crippen molar-refractivity contribution in [1.82, 2.24) is 5.43 Å². The Morgan fingerprint density at radius 3 is 3.12 bits per heavy atom. The number of benzene rings is 1. The Hall–Kier alpha value is -1.62. The van der Waals surface area contributed by atoms with Gasteiger partial charge in [-0.2, -0.15) is 5.10 Å². The summed E-state index contributed by atoms with van der Waals surface area (Å²) in [6, 6.07) is 7.69. The fraction of sp³-hybridized carbons (Fsp3) is 0.333. The van der Waals surface area contributed by atoms with E-state index < -0.39 is 0 Å². The number of hydrogen-bond acceptors (Lipinski definition) is 3. The van der Waals surface area contributed by atoms with Gasteiger partial charge in [0.15, 0.2) is 5.11 Å². The largest absolute Gasteiger partial charge is 0.494 e. The molecule has 0 aliphatic heterocycles.